The Hall–Kier alpha value is -1.17. The van der Waals surface area contributed by atoms with E-state index >= 15 is 0 Å². The molecule has 0 aromatic heterocycles. The molecule has 0 bridgehead atoms. The largest absolute Gasteiger partial charge is 0.338 e. The lowest BCUT2D eigenvalue weighted by Crippen LogP contribution is -2.33. The molecule has 0 aliphatic carbocycles. The molecular weight excluding hydrogens is 245 g/mol. The molecule has 1 unspecified atom stereocenters. The predicted molar refractivity (Wildman–Crippen MR) is 66.8 cm³/mol. The fourth-order valence-corrected chi connectivity index (χ4v) is 1.54. The van der Waals surface area contributed by atoms with Crippen molar-refractivity contribution in [1.29, 1.82) is 0 Å². The summed E-state index contributed by atoms with van der Waals surface area (Å²) in [6.07, 6.45) is 5.92. The normalized spacial score (nSPS) is 11.6. The lowest BCUT2D eigenvalue weighted by Gasteiger charge is -2.11. The Labute approximate surface area is 105 Å². The molecule has 0 saturated carbocycles. The zero-order chi connectivity index (χ0) is 12.1. The summed E-state index contributed by atoms with van der Waals surface area (Å²) in [5, 5.41) is 3.50. The number of carbonyl (C=O) groups excluding carboxylic acids is 1. The van der Waals surface area contributed by atoms with Crippen LogP contribution in [0.3, 0.4) is 0 Å². The second-order valence-electron chi connectivity index (χ2n) is 3.23. The van der Waals surface area contributed by atoms with Gasteiger partial charge in [-0.05, 0) is 24.6 Å². The molecule has 0 saturated heterocycles. The Morgan fingerprint density at radius 3 is 2.81 bits per heavy atom. The van der Waals surface area contributed by atoms with E-state index in [1.165, 1.54) is 6.07 Å². The van der Waals surface area contributed by atoms with Crippen LogP contribution in [0, 0.1) is 12.3 Å². The van der Waals surface area contributed by atoms with Crippen LogP contribution in [0.2, 0.25) is 10.0 Å². The van der Waals surface area contributed by atoms with Crippen LogP contribution in [0.15, 0.2) is 18.2 Å². The van der Waals surface area contributed by atoms with Gasteiger partial charge in [0, 0.05) is 5.02 Å². The van der Waals surface area contributed by atoms with Gasteiger partial charge in [0.15, 0.2) is 0 Å². The summed E-state index contributed by atoms with van der Waals surface area (Å²) in [5.41, 5.74) is 0.336. The summed E-state index contributed by atoms with van der Waals surface area (Å²) in [6, 6.07) is 4.43. The van der Waals surface area contributed by atoms with Gasteiger partial charge in [0.2, 0.25) is 0 Å². The average molecular weight is 256 g/mol. The molecule has 4 heteroatoms. The van der Waals surface area contributed by atoms with Gasteiger partial charge in [-0.3, -0.25) is 4.79 Å². The minimum absolute atomic E-state index is 0.289. The van der Waals surface area contributed by atoms with Gasteiger partial charge < -0.3 is 5.32 Å². The van der Waals surface area contributed by atoms with Crippen molar-refractivity contribution in [1.82, 2.24) is 5.32 Å². The Morgan fingerprint density at radius 1 is 1.56 bits per heavy atom. The fraction of sp³-hybridized carbons (Fsp3) is 0.250. The van der Waals surface area contributed by atoms with E-state index in [1.807, 2.05) is 6.92 Å². The van der Waals surface area contributed by atoms with Crippen LogP contribution in [0.4, 0.5) is 0 Å². The van der Waals surface area contributed by atoms with E-state index in [1.54, 1.807) is 12.1 Å². The van der Waals surface area contributed by atoms with Crippen molar-refractivity contribution in [2.75, 3.05) is 0 Å². The molecule has 2 nitrogen and oxygen atoms in total. The number of terminal acetylenes is 1. The highest BCUT2D eigenvalue weighted by molar-refractivity contribution is 6.35. The van der Waals surface area contributed by atoms with Gasteiger partial charge in [-0.2, -0.15) is 0 Å². The summed E-state index contributed by atoms with van der Waals surface area (Å²) in [7, 11) is 0. The van der Waals surface area contributed by atoms with E-state index in [-0.39, 0.29) is 11.9 Å². The lowest BCUT2D eigenvalue weighted by atomic mass is 10.1. The van der Waals surface area contributed by atoms with E-state index in [4.69, 9.17) is 29.6 Å². The third-order valence-electron chi connectivity index (χ3n) is 2.09. The number of carbonyl (C=O) groups is 1. The molecule has 1 rings (SSSR count). The molecule has 1 amide bonds. The highest BCUT2D eigenvalue weighted by Crippen LogP contribution is 2.20. The Balaban J connectivity index is 2.89. The zero-order valence-corrected chi connectivity index (χ0v) is 10.3. The SMILES string of the molecule is C#CC(CC)NC(=O)c1cc(Cl)ccc1Cl. The first-order valence-corrected chi connectivity index (χ1v) is 5.56. The number of hydrogen-bond acceptors (Lipinski definition) is 1. The van der Waals surface area contributed by atoms with E-state index in [0.717, 1.165) is 0 Å². The summed E-state index contributed by atoms with van der Waals surface area (Å²) in [4.78, 5) is 11.8. The first kappa shape index (κ1) is 12.9. The van der Waals surface area contributed by atoms with Gasteiger partial charge in [0.25, 0.3) is 5.91 Å². The van der Waals surface area contributed by atoms with Gasteiger partial charge in [-0.25, -0.2) is 0 Å². The molecule has 0 fully saturated rings. The molecule has 1 N–H and O–H groups in total. The monoisotopic (exact) mass is 255 g/mol. The molecule has 84 valence electrons. The minimum atomic E-state index is -0.308. The second-order valence-corrected chi connectivity index (χ2v) is 4.07. The zero-order valence-electron chi connectivity index (χ0n) is 8.76. The molecule has 0 heterocycles. The first-order chi connectivity index (χ1) is 7.58. The number of rotatable bonds is 3. The van der Waals surface area contributed by atoms with Gasteiger partial charge >= 0.3 is 0 Å². The Bertz CT molecular complexity index is 437. The molecule has 1 atom stereocenters. The third-order valence-corrected chi connectivity index (χ3v) is 2.65. The van der Waals surface area contributed by atoms with Crippen LogP contribution >= 0.6 is 23.2 Å². The van der Waals surface area contributed by atoms with Crippen LogP contribution in [-0.4, -0.2) is 11.9 Å². The average Bonchev–Trinajstić information content (AvgIpc) is 2.28. The number of nitrogens with one attached hydrogen (secondary N) is 1. The molecule has 16 heavy (non-hydrogen) atoms. The lowest BCUT2D eigenvalue weighted by molar-refractivity contribution is 0.0945. The fourth-order valence-electron chi connectivity index (χ4n) is 1.17. The van der Waals surface area contributed by atoms with Gasteiger partial charge in [-0.15, -0.1) is 6.42 Å². The molecule has 1 aromatic carbocycles. The van der Waals surface area contributed by atoms with E-state index in [0.29, 0.717) is 22.0 Å². The molecule has 0 aliphatic rings. The van der Waals surface area contributed by atoms with Crippen LogP contribution in [0.5, 0.6) is 0 Å². The van der Waals surface area contributed by atoms with Gasteiger partial charge in [0.1, 0.15) is 0 Å². The maximum Gasteiger partial charge on any atom is 0.253 e. The minimum Gasteiger partial charge on any atom is -0.338 e. The van der Waals surface area contributed by atoms with Crippen LogP contribution in [0.25, 0.3) is 0 Å². The maximum absolute atomic E-state index is 11.8. The van der Waals surface area contributed by atoms with Crippen LogP contribution in [0.1, 0.15) is 23.7 Å². The highest BCUT2D eigenvalue weighted by Gasteiger charge is 2.13. The molecular formula is C12H11Cl2NO. The maximum atomic E-state index is 11.8. The highest BCUT2D eigenvalue weighted by atomic mass is 35.5. The third kappa shape index (κ3) is 3.16. The number of benzene rings is 1. The number of halogens is 2. The molecule has 0 aliphatic heterocycles. The first-order valence-electron chi connectivity index (χ1n) is 4.80. The summed E-state index contributed by atoms with van der Waals surface area (Å²) >= 11 is 11.7. The smallest absolute Gasteiger partial charge is 0.253 e. The van der Waals surface area contributed by atoms with E-state index < -0.39 is 0 Å². The summed E-state index contributed by atoms with van der Waals surface area (Å²) in [5.74, 6) is 2.17. The van der Waals surface area contributed by atoms with Crippen molar-refractivity contribution in [2.24, 2.45) is 0 Å². The van der Waals surface area contributed by atoms with Crippen molar-refractivity contribution in [2.45, 2.75) is 19.4 Å². The molecule has 0 spiro atoms. The molecule has 1 aromatic rings. The van der Waals surface area contributed by atoms with Gasteiger partial charge in [-0.1, -0.05) is 36.0 Å². The van der Waals surface area contributed by atoms with E-state index in [9.17, 15) is 4.79 Å². The van der Waals surface area contributed by atoms with Gasteiger partial charge in [0.05, 0.1) is 16.6 Å². The van der Waals surface area contributed by atoms with Crippen LogP contribution in [-0.2, 0) is 0 Å². The Kier molecular flexibility index (Phi) is 4.67. The van der Waals surface area contributed by atoms with E-state index in [2.05, 4.69) is 11.2 Å². The topological polar surface area (TPSA) is 29.1 Å². The second kappa shape index (κ2) is 5.79. The standard InChI is InChI=1S/C12H11Cl2NO/c1-3-9(4-2)15-12(16)10-7-8(13)5-6-11(10)14/h1,5-7,9H,4H2,2H3,(H,15,16). The molecule has 0 radical (unpaired) electrons. The van der Waals surface area contributed by atoms with Crippen molar-refractivity contribution in [3.63, 3.8) is 0 Å². The van der Waals surface area contributed by atoms with Crippen molar-refractivity contribution >= 4 is 29.1 Å². The van der Waals surface area contributed by atoms with Crippen molar-refractivity contribution < 1.29 is 4.79 Å². The summed E-state index contributed by atoms with van der Waals surface area (Å²) in [6.45, 7) is 1.89. The predicted octanol–water partition coefficient (Wildman–Crippen LogP) is 3.14. The quantitative estimate of drug-likeness (QED) is 0.827. The van der Waals surface area contributed by atoms with Crippen molar-refractivity contribution in [3.8, 4) is 12.3 Å². The van der Waals surface area contributed by atoms with Crippen molar-refractivity contribution in [3.05, 3.63) is 33.8 Å². The number of amides is 1. The number of hydrogen-bond donors (Lipinski definition) is 1. The summed E-state index contributed by atoms with van der Waals surface area (Å²) < 4.78 is 0. The van der Waals surface area contributed by atoms with Crippen LogP contribution < -0.4 is 5.32 Å². The Morgan fingerprint density at radius 2 is 2.25 bits per heavy atom.